The number of rotatable bonds is 6. The van der Waals surface area contributed by atoms with Crippen molar-refractivity contribution in [2.24, 2.45) is 5.16 Å². The Kier molecular flexibility index (Phi) is 5.96. The smallest absolute Gasteiger partial charge is 0.222 e. The molecule has 0 bridgehead atoms. The third kappa shape index (κ3) is 4.53. The maximum Gasteiger partial charge on any atom is 0.222 e. The lowest BCUT2D eigenvalue weighted by Gasteiger charge is -2.12. The quantitative estimate of drug-likeness (QED) is 0.377. The molecule has 0 spiro atoms. The van der Waals surface area contributed by atoms with Crippen molar-refractivity contribution in [1.29, 1.82) is 0 Å². The Morgan fingerprint density at radius 2 is 2.15 bits per heavy atom. The maximum atomic E-state index is 13.2. The number of carbonyl (C=O) groups excluding carboxylic acids is 1. The van der Waals surface area contributed by atoms with Gasteiger partial charge < -0.3 is 14.8 Å². The molecule has 0 atom stereocenters. The van der Waals surface area contributed by atoms with E-state index < -0.39 is 5.82 Å². The van der Waals surface area contributed by atoms with Crippen LogP contribution < -0.4 is 4.74 Å². The minimum absolute atomic E-state index is 0.0150. The van der Waals surface area contributed by atoms with Crippen molar-refractivity contribution in [3.8, 4) is 5.75 Å². The monoisotopic (exact) mass is 282 g/mol. The molecule has 0 heterocycles. The first kappa shape index (κ1) is 15.9. The first-order chi connectivity index (χ1) is 9.45. The van der Waals surface area contributed by atoms with E-state index in [1.165, 1.54) is 23.1 Å². The molecular weight excluding hydrogens is 263 g/mol. The number of nitrogens with zero attached hydrogens (tertiary/aromatic N) is 2. The van der Waals surface area contributed by atoms with Gasteiger partial charge in [0, 0.05) is 32.1 Å². The van der Waals surface area contributed by atoms with E-state index in [9.17, 15) is 9.18 Å². The van der Waals surface area contributed by atoms with Crippen LogP contribution in [0.5, 0.6) is 5.75 Å². The summed E-state index contributed by atoms with van der Waals surface area (Å²) in [7, 11) is 3.38. The predicted octanol–water partition coefficient (Wildman–Crippen LogP) is 2.27. The van der Waals surface area contributed by atoms with Gasteiger partial charge in [-0.3, -0.25) is 4.79 Å². The first-order valence-electron chi connectivity index (χ1n) is 6.27. The fraction of sp³-hybridized carbons (Fsp3) is 0.429. The molecule has 1 aromatic carbocycles. The van der Waals surface area contributed by atoms with Gasteiger partial charge >= 0.3 is 0 Å². The fourth-order valence-corrected chi connectivity index (χ4v) is 1.60. The largest absolute Gasteiger partial charge is 0.493 e. The maximum absolute atomic E-state index is 13.2. The minimum Gasteiger partial charge on any atom is -0.493 e. The normalized spacial score (nSPS) is 11.3. The highest BCUT2D eigenvalue weighted by Crippen LogP contribution is 2.21. The lowest BCUT2D eigenvalue weighted by atomic mass is 10.1. The Labute approximate surface area is 117 Å². The summed E-state index contributed by atoms with van der Waals surface area (Å²) in [5.41, 5.74) is 0.859. The van der Waals surface area contributed by atoms with E-state index in [2.05, 4.69) is 5.16 Å². The van der Waals surface area contributed by atoms with Gasteiger partial charge in [0.1, 0.15) is 11.6 Å². The molecule has 1 N–H and O–H groups in total. The van der Waals surface area contributed by atoms with Crippen molar-refractivity contribution in [3.63, 3.8) is 0 Å². The van der Waals surface area contributed by atoms with Gasteiger partial charge in [-0.15, -0.1) is 0 Å². The zero-order valence-electron chi connectivity index (χ0n) is 11.9. The van der Waals surface area contributed by atoms with Crippen molar-refractivity contribution < 1.29 is 19.1 Å². The molecule has 0 unspecified atom stereocenters. The Morgan fingerprint density at radius 3 is 2.75 bits per heavy atom. The molecule has 5 nitrogen and oxygen atoms in total. The van der Waals surface area contributed by atoms with Gasteiger partial charge in [-0.05, 0) is 25.5 Å². The molecule has 0 aliphatic rings. The number of carbonyl (C=O) groups is 1. The van der Waals surface area contributed by atoms with Gasteiger partial charge in [0.15, 0.2) is 0 Å². The molecule has 0 aromatic heterocycles. The van der Waals surface area contributed by atoms with Crippen LogP contribution in [0, 0.1) is 5.82 Å². The van der Waals surface area contributed by atoms with Crippen molar-refractivity contribution in [2.45, 2.75) is 19.8 Å². The van der Waals surface area contributed by atoms with E-state index in [0.29, 0.717) is 29.9 Å². The number of hydrogen-bond donors (Lipinski definition) is 1. The van der Waals surface area contributed by atoms with Gasteiger partial charge in [-0.25, -0.2) is 4.39 Å². The lowest BCUT2D eigenvalue weighted by Crippen LogP contribution is -2.21. The van der Waals surface area contributed by atoms with Crippen LogP contribution in [0.1, 0.15) is 25.3 Å². The molecule has 1 amide bonds. The highest BCUT2D eigenvalue weighted by Gasteiger charge is 2.10. The zero-order valence-corrected chi connectivity index (χ0v) is 11.9. The highest BCUT2D eigenvalue weighted by atomic mass is 19.1. The number of amides is 1. The average Bonchev–Trinajstić information content (AvgIpc) is 2.42. The molecule has 6 heteroatoms. The van der Waals surface area contributed by atoms with E-state index >= 15 is 0 Å². The summed E-state index contributed by atoms with van der Waals surface area (Å²) in [6.45, 7) is 1.88. The first-order valence-corrected chi connectivity index (χ1v) is 6.27. The van der Waals surface area contributed by atoms with Gasteiger partial charge in [0.25, 0.3) is 0 Å². The van der Waals surface area contributed by atoms with Crippen LogP contribution in [0.25, 0.3) is 0 Å². The molecule has 0 saturated carbocycles. The van der Waals surface area contributed by atoms with E-state index in [0.717, 1.165) is 0 Å². The van der Waals surface area contributed by atoms with Gasteiger partial charge in [-0.1, -0.05) is 5.16 Å². The van der Waals surface area contributed by atoms with E-state index in [1.807, 2.05) is 0 Å². The molecule has 1 aromatic rings. The summed E-state index contributed by atoms with van der Waals surface area (Å²) in [6.07, 6.45) is 0.896. The third-order valence-corrected chi connectivity index (χ3v) is 2.77. The lowest BCUT2D eigenvalue weighted by molar-refractivity contribution is -0.128. The summed E-state index contributed by atoms with van der Waals surface area (Å²) in [4.78, 5) is 12.9. The van der Waals surface area contributed by atoms with Crippen LogP contribution in [-0.4, -0.2) is 42.4 Å². The van der Waals surface area contributed by atoms with Crippen molar-refractivity contribution in [2.75, 3.05) is 20.7 Å². The van der Waals surface area contributed by atoms with E-state index in [-0.39, 0.29) is 12.5 Å². The van der Waals surface area contributed by atoms with E-state index in [4.69, 9.17) is 9.94 Å². The molecule has 0 fully saturated rings. The number of hydrogen-bond acceptors (Lipinski definition) is 4. The fourth-order valence-electron chi connectivity index (χ4n) is 1.60. The Hall–Kier alpha value is -2.11. The number of oxime groups is 1. The minimum atomic E-state index is -0.432. The second-order valence-corrected chi connectivity index (χ2v) is 4.57. The molecule has 0 radical (unpaired) electrons. The number of ether oxygens (including phenoxy) is 1. The van der Waals surface area contributed by atoms with Gasteiger partial charge in [0.05, 0.1) is 12.3 Å². The Morgan fingerprint density at radius 1 is 1.45 bits per heavy atom. The third-order valence-electron chi connectivity index (χ3n) is 2.77. The number of halogens is 1. The highest BCUT2D eigenvalue weighted by molar-refractivity contribution is 6.00. The standard InChI is InChI=1S/C14H19FN2O3/c1-10(16-19)12-7-6-11(15)9-13(12)20-8-4-5-14(18)17(2)3/h6-7,9,19H,4-5,8H2,1-3H3. The topological polar surface area (TPSA) is 62.1 Å². The average molecular weight is 282 g/mol. The summed E-state index contributed by atoms with van der Waals surface area (Å²) < 4.78 is 18.7. The molecule has 0 aliphatic heterocycles. The molecule has 0 saturated heterocycles. The van der Waals surface area contributed by atoms with Crippen LogP contribution in [-0.2, 0) is 4.79 Å². The van der Waals surface area contributed by atoms with Crippen LogP contribution in [0.15, 0.2) is 23.4 Å². The SMILES string of the molecule is CC(=NO)c1ccc(F)cc1OCCCC(=O)N(C)C. The van der Waals surface area contributed by atoms with Crippen LogP contribution in [0.2, 0.25) is 0 Å². The Balaban J connectivity index is 2.63. The summed E-state index contributed by atoms with van der Waals surface area (Å²) in [6, 6.07) is 3.99. The molecule has 0 aliphatic carbocycles. The second kappa shape index (κ2) is 7.47. The molecule has 20 heavy (non-hydrogen) atoms. The van der Waals surface area contributed by atoms with Gasteiger partial charge in [0.2, 0.25) is 5.91 Å². The predicted molar refractivity (Wildman–Crippen MR) is 73.8 cm³/mol. The van der Waals surface area contributed by atoms with E-state index in [1.54, 1.807) is 21.0 Å². The van der Waals surface area contributed by atoms with Crippen molar-refractivity contribution in [3.05, 3.63) is 29.6 Å². The molecule has 1 rings (SSSR count). The zero-order chi connectivity index (χ0) is 15.1. The Bertz CT molecular complexity index is 501. The van der Waals surface area contributed by atoms with Crippen LogP contribution in [0.3, 0.4) is 0 Å². The van der Waals surface area contributed by atoms with Gasteiger partial charge in [-0.2, -0.15) is 0 Å². The second-order valence-electron chi connectivity index (χ2n) is 4.57. The van der Waals surface area contributed by atoms with Crippen molar-refractivity contribution >= 4 is 11.6 Å². The molecular formula is C14H19FN2O3. The summed E-state index contributed by atoms with van der Waals surface area (Å²) in [5.74, 6) is -0.113. The van der Waals surface area contributed by atoms with Crippen LogP contribution >= 0.6 is 0 Å². The van der Waals surface area contributed by atoms with Crippen molar-refractivity contribution in [1.82, 2.24) is 4.90 Å². The van der Waals surface area contributed by atoms with Crippen LogP contribution in [0.4, 0.5) is 4.39 Å². The number of benzene rings is 1. The molecule has 110 valence electrons. The summed E-state index contributed by atoms with van der Waals surface area (Å²) in [5, 5.41) is 11.9. The summed E-state index contributed by atoms with van der Waals surface area (Å²) >= 11 is 0.